The number of hydrogen-bond donors (Lipinski definition) is 1. The third-order valence-electron chi connectivity index (χ3n) is 3.52. The van der Waals surface area contributed by atoms with Crippen molar-refractivity contribution in [3.8, 4) is 11.3 Å². The Kier molecular flexibility index (Phi) is 3.13. The van der Waals surface area contributed by atoms with Crippen LogP contribution in [0.1, 0.15) is 29.7 Å². The van der Waals surface area contributed by atoms with Gasteiger partial charge in [-0.25, -0.2) is 4.68 Å². The van der Waals surface area contributed by atoms with E-state index in [0.717, 1.165) is 36.3 Å². The number of aromatic nitrogens is 3. The molecule has 5 heteroatoms. The zero-order valence-corrected chi connectivity index (χ0v) is 10.8. The van der Waals surface area contributed by atoms with Crippen molar-refractivity contribution in [2.24, 2.45) is 0 Å². The number of nitrogens with one attached hydrogen (secondary N) is 1. The molecule has 1 aromatic carbocycles. The SMILES string of the molecule is CC(=O)c1cccc(-c2cnnn2C2CCNC2)c1. The Morgan fingerprint density at radius 2 is 2.37 bits per heavy atom. The van der Waals surface area contributed by atoms with Crippen LogP contribution in [0.25, 0.3) is 11.3 Å². The first-order chi connectivity index (χ1) is 9.25. The topological polar surface area (TPSA) is 59.8 Å². The number of nitrogens with zero attached hydrogens (tertiary/aromatic N) is 3. The lowest BCUT2D eigenvalue weighted by molar-refractivity contribution is 0.101. The molecule has 1 fully saturated rings. The van der Waals surface area contributed by atoms with Crippen LogP contribution in [0.2, 0.25) is 0 Å². The van der Waals surface area contributed by atoms with Gasteiger partial charge in [-0.1, -0.05) is 23.4 Å². The number of carbonyl (C=O) groups excluding carboxylic acids is 1. The summed E-state index contributed by atoms with van der Waals surface area (Å²) >= 11 is 0. The van der Waals surface area contributed by atoms with Gasteiger partial charge in [-0.05, 0) is 26.0 Å². The van der Waals surface area contributed by atoms with Gasteiger partial charge in [-0.15, -0.1) is 5.10 Å². The van der Waals surface area contributed by atoms with E-state index in [9.17, 15) is 4.79 Å². The predicted octanol–water partition coefficient (Wildman–Crippen LogP) is 1.68. The highest BCUT2D eigenvalue weighted by Gasteiger charge is 2.20. The second kappa shape index (κ2) is 4.93. The lowest BCUT2D eigenvalue weighted by Crippen LogP contribution is -2.15. The highest BCUT2D eigenvalue weighted by atomic mass is 16.1. The van der Waals surface area contributed by atoms with Gasteiger partial charge in [0.25, 0.3) is 0 Å². The van der Waals surface area contributed by atoms with Crippen LogP contribution in [0.3, 0.4) is 0 Å². The fourth-order valence-corrected chi connectivity index (χ4v) is 2.47. The van der Waals surface area contributed by atoms with Crippen molar-refractivity contribution in [3.63, 3.8) is 0 Å². The molecule has 0 bridgehead atoms. The maximum absolute atomic E-state index is 11.5. The van der Waals surface area contributed by atoms with Gasteiger partial charge in [0.2, 0.25) is 0 Å². The zero-order valence-electron chi connectivity index (χ0n) is 10.8. The molecule has 0 amide bonds. The summed E-state index contributed by atoms with van der Waals surface area (Å²) in [7, 11) is 0. The Bertz CT molecular complexity index is 599. The molecule has 0 saturated carbocycles. The molecule has 5 nitrogen and oxygen atoms in total. The fourth-order valence-electron chi connectivity index (χ4n) is 2.47. The van der Waals surface area contributed by atoms with Crippen LogP contribution in [0.5, 0.6) is 0 Å². The van der Waals surface area contributed by atoms with Crippen LogP contribution in [0, 0.1) is 0 Å². The number of rotatable bonds is 3. The molecule has 19 heavy (non-hydrogen) atoms. The van der Waals surface area contributed by atoms with Crippen LogP contribution >= 0.6 is 0 Å². The van der Waals surface area contributed by atoms with Crippen molar-refractivity contribution in [2.45, 2.75) is 19.4 Å². The van der Waals surface area contributed by atoms with Crippen LogP contribution in [-0.2, 0) is 0 Å². The summed E-state index contributed by atoms with van der Waals surface area (Å²) in [5, 5.41) is 11.5. The van der Waals surface area contributed by atoms with E-state index >= 15 is 0 Å². The molecule has 1 aliphatic rings. The monoisotopic (exact) mass is 256 g/mol. The minimum absolute atomic E-state index is 0.0726. The Labute approximate surface area is 111 Å². The van der Waals surface area contributed by atoms with Gasteiger partial charge >= 0.3 is 0 Å². The summed E-state index contributed by atoms with van der Waals surface area (Å²) in [6.07, 6.45) is 2.82. The van der Waals surface area contributed by atoms with Gasteiger partial charge in [0.1, 0.15) is 0 Å². The molecule has 1 aliphatic heterocycles. The van der Waals surface area contributed by atoms with Crippen LogP contribution in [-0.4, -0.2) is 33.9 Å². The molecule has 0 aliphatic carbocycles. The zero-order chi connectivity index (χ0) is 13.2. The number of Topliss-reactive ketones (excluding diaryl/α,β-unsaturated/α-hetero) is 1. The molecule has 3 rings (SSSR count). The molecule has 0 radical (unpaired) electrons. The molecule has 2 aromatic rings. The van der Waals surface area contributed by atoms with Crippen molar-refractivity contribution < 1.29 is 4.79 Å². The van der Waals surface area contributed by atoms with Crippen molar-refractivity contribution in [1.29, 1.82) is 0 Å². The standard InChI is InChI=1S/C14H16N4O/c1-10(19)11-3-2-4-12(7-11)14-9-16-17-18(14)13-5-6-15-8-13/h2-4,7,9,13,15H,5-6,8H2,1H3. The smallest absolute Gasteiger partial charge is 0.159 e. The van der Waals surface area contributed by atoms with E-state index in [-0.39, 0.29) is 5.78 Å². The molecule has 1 atom stereocenters. The number of hydrogen-bond acceptors (Lipinski definition) is 4. The van der Waals surface area contributed by atoms with E-state index < -0.39 is 0 Å². The number of benzene rings is 1. The Balaban J connectivity index is 2.00. The van der Waals surface area contributed by atoms with Gasteiger partial charge < -0.3 is 5.32 Å². The van der Waals surface area contributed by atoms with E-state index in [4.69, 9.17) is 0 Å². The largest absolute Gasteiger partial charge is 0.315 e. The lowest BCUT2D eigenvalue weighted by Gasteiger charge is -2.12. The van der Waals surface area contributed by atoms with E-state index in [1.807, 2.05) is 28.9 Å². The average molecular weight is 256 g/mol. The molecular formula is C14H16N4O. The summed E-state index contributed by atoms with van der Waals surface area (Å²) in [6, 6.07) is 7.97. The Hall–Kier alpha value is -2.01. The van der Waals surface area contributed by atoms with Crippen LogP contribution in [0.4, 0.5) is 0 Å². The molecule has 1 aromatic heterocycles. The molecule has 0 spiro atoms. The van der Waals surface area contributed by atoms with E-state index in [2.05, 4.69) is 15.6 Å². The van der Waals surface area contributed by atoms with Crippen molar-refractivity contribution >= 4 is 5.78 Å². The summed E-state index contributed by atoms with van der Waals surface area (Å²) < 4.78 is 1.96. The van der Waals surface area contributed by atoms with Crippen molar-refractivity contribution in [1.82, 2.24) is 20.3 Å². The minimum Gasteiger partial charge on any atom is -0.315 e. The van der Waals surface area contributed by atoms with Gasteiger partial charge in [0, 0.05) is 17.7 Å². The van der Waals surface area contributed by atoms with Gasteiger partial charge in [-0.2, -0.15) is 0 Å². The number of ketones is 1. The average Bonchev–Trinajstić information content (AvgIpc) is 3.09. The van der Waals surface area contributed by atoms with Crippen molar-refractivity contribution in [2.75, 3.05) is 13.1 Å². The molecule has 1 unspecified atom stereocenters. The summed E-state index contributed by atoms with van der Waals surface area (Å²) in [5.74, 6) is 0.0726. The van der Waals surface area contributed by atoms with Gasteiger partial charge in [0.15, 0.2) is 5.78 Å². The highest BCUT2D eigenvalue weighted by molar-refractivity contribution is 5.95. The second-order valence-corrected chi connectivity index (χ2v) is 4.85. The first-order valence-electron chi connectivity index (χ1n) is 6.48. The normalized spacial score (nSPS) is 18.7. The van der Waals surface area contributed by atoms with E-state index in [1.54, 1.807) is 13.1 Å². The Morgan fingerprint density at radius 3 is 3.11 bits per heavy atom. The minimum atomic E-state index is 0.0726. The maximum atomic E-state index is 11.5. The molecular weight excluding hydrogens is 240 g/mol. The number of carbonyl (C=O) groups is 1. The third-order valence-corrected chi connectivity index (χ3v) is 3.52. The van der Waals surface area contributed by atoms with Gasteiger partial charge in [0.05, 0.1) is 17.9 Å². The maximum Gasteiger partial charge on any atom is 0.159 e. The summed E-state index contributed by atoms with van der Waals surface area (Å²) in [6.45, 7) is 3.51. The highest BCUT2D eigenvalue weighted by Crippen LogP contribution is 2.24. The molecule has 1 saturated heterocycles. The first-order valence-corrected chi connectivity index (χ1v) is 6.48. The van der Waals surface area contributed by atoms with E-state index in [1.165, 1.54) is 0 Å². The second-order valence-electron chi connectivity index (χ2n) is 4.85. The summed E-state index contributed by atoms with van der Waals surface area (Å²) in [5.41, 5.74) is 2.68. The van der Waals surface area contributed by atoms with Crippen LogP contribution in [0.15, 0.2) is 30.5 Å². The molecule has 2 heterocycles. The fraction of sp³-hybridized carbons (Fsp3) is 0.357. The predicted molar refractivity (Wildman–Crippen MR) is 72.0 cm³/mol. The van der Waals surface area contributed by atoms with Gasteiger partial charge in [-0.3, -0.25) is 4.79 Å². The van der Waals surface area contributed by atoms with Crippen molar-refractivity contribution in [3.05, 3.63) is 36.0 Å². The molecule has 98 valence electrons. The Morgan fingerprint density at radius 1 is 1.47 bits per heavy atom. The quantitative estimate of drug-likeness (QED) is 0.849. The van der Waals surface area contributed by atoms with Crippen LogP contribution < -0.4 is 5.32 Å². The molecule has 1 N–H and O–H groups in total. The third kappa shape index (κ3) is 2.29. The van der Waals surface area contributed by atoms with E-state index in [0.29, 0.717) is 6.04 Å². The lowest BCUT2D eigenvalue weighted by atomic mass is 10.1. The summed E-state index contributed by atoms with van der Waals surface area (Å²) in [4.78, 5) is 11.5. The first kappa shape index (κ1) is 12.0.